The molecule has 2 heteroatoms. The fourth-order valence-electron chi connectivity index (χ4n) is 2.59. The molecule has 66 valence electrons. The van der Waals surface area contributed by atoms with Crippen molar-refractivity contribution in [1.82, 2.24) is 4.90 Å². The van der Waals surface area contributed by atoms with Gasteiger partial charge in [-0.05, 0) is 38.6 Å². The van der Waals surface area contributed by atoms with Gasteiger partial charge in [0.1, 0.15) is 0 Å². The van der Waals surface area contributed by atoms with E-state index in [1.807, 2.05) is 0 Å². The maximum Gasteiger partial charge on any atom is 0.0980 e. The van der Waals surface area contributed by atoms with Crippen LogP contribution in [-0.4, -0.2) is 23.5 Å². The van der Waals surface area contributed by atoms with Gasteiger partial charge in [0.2, 0.25) is 0 Å². The molecule has 0 N–H and O–H groups in total. The van der Waals surface area contributed by atoms with Crippen molar-refractivity contribution < 1.29 is 0 Å². The zero-order chi connectivity index (χ0) is 8.39. The molecule has 2 rings (SSSR count). The quantitative estimate of drug-likeness (QED) is 0.547. The molecule has 0 bridgehead atoms. The summed E-state index contributed by atoms with van der Waals surface area (Å²) >= 11 is 0. The highest BCUT2D eigenvalue weighted by Gasteiger charge is 2.31. The molecule has 12 heavy (non-hydrogen) atoms. The summed E-state index contributed by atoms with van der Waals surface area (Å²) in [6, 6.07) is 3.42. The first-order valence-corrected chi connectivity index (χ1v) is 5.07. The lowest BCUT2D eigenvalue weighted by Gasteiger charge is -2.42. The molecule has 2 fully saturated rings. The molecular weight excluding hydrogens is 148 g/mol. The molecule has 0 aliphatic carbocycles. The summed E-state index contributed by atoms with van der Waals surface area (Å²) in [5, 5.41) is 8.94. The van der Waals surface area contributed by atoms with Gasteiger partial charge in [-0.2, -0.15) is 5.26 Å². The van der Waals surface area contributed by atoms with Crippen LogP contribution in [0.2, 0.25) is 0 Å². The summed E-state index contributed by atoms with van der Waals surface area (Å²) in [7, 11) is 0. The minimum atomic E-state index is 0.240. The zero-order valence-corrected chi connectivity index (χ0v) is 7.50. The van der Waals surface area contributed by atoms with Crippen LogP contribution < -0.4 is 0 Å². The monoisotopic (exact) mass is 164 g/mol. The van der Waals surface area contributed by atoms with Gasteiger partial charge in [-0.1, -0.05) is 6.42 Å². The molecule has 2 saturated heterocycles. The highest BCUT2D eigenvalue weighted by molar-refractivity contribution is 4.98. The van der Waals surface area contributed by atoms with Crippen LogP contribution in [-0.2, 0) is 0 Å². The van der Waals surface area contributed by atoms with E-state index in [9.17, 15) is 0 Å². The first-order chi connectivity index (χ1) is 5.92. The average molecular weight is 164 g/mol. The van der Waals surface area contributed by atoms with Gasteiger partial charge >= 0.3 is 0 Å². The fraction of sp³-hybridized carbons (Fsp3) is 0.900. The molecule has 0 aromatic rings. The van der Waals surface area contributed by atoms with Crippen LogP contribution in [0.3, 0.4) is 0 Å². The summed E-state index contributed by atoms with van der Waals surface area (Å²) in [5.74, 6) is 0. The molecule has 0 aromatic carbocycles. The first kappa shape index (κ1) is 8.07. The molecule has 2 nitrogen and oxygen atoms in total. The zero-order valence-electron chi connectivity index (χ0n) is 7.50. The fourth-order valence-corrected chi connectivity index (χ4v) is 2.59. The number of nitrogens with zero attached hydrogens (tertiary/aromatic N) is 2. The minimum absolute atomic E-state index is 0.240. The third-order valence-electron chi connectivity index (χ3n) is 3.24. The van der Waals surface area contributed by atoms with Crippen molar-refractivity contribution in [3.63, 3.8) is 0 Å². The highest BCUT2D eigenvalue weighted by Crippen LogP contribution is 2.29. The maximum atomic E-state index is 8.94. The summed E-state index contributed by atoms with van der Waals surface area (Å²) in [5.41, 5.74) is 0. The van der Waals surface area contributed by atoms with Gasteiger partial charge < -0.3 is 0 Å². The number of rotatable bonds is 0. The molecule has 0 radical (unpaired) electrons. The van der Waals surface area contributed by atoms with E-state index in [0.717, 1.165) is 12.5 Å². The third kappa shape index (κ3) is 1.34. The van der Waals surface area contributed by atoms with E-state index >= 15 is 0 Å². The van der Waals surface area contributed by atoms with Gasteiger partial charge in [-0.15, -0.1) is 0 Å². The smallest absolute Gasteiger partial charge is 0.0980 e. The van der Waals surface area contributed by atoms with Crippen LogP contribution >= 0.6 is 0 Å². The van der Waals surface area contributed by atoms with E-state index in [-0.39, 0.29) is 6.04 Å². The average Bonchev–Trinajstić information content (AvgIpc) is 2.17. The number of hydrogen-bond acceptors (Lipinski definition) is 2. The van der Waals surface area contributed by atoms with Gasteiger partial charge in [0.25, 0.3) is 0 Å². The van der Waals surface area contributed by atoms with E-state index in [1.54, 1.807) is 0 Å². The summed E-state index contributed by atoms with van der Waals surface area (Å²) in [6.07, 6.45) is 7.71. The molecule has 0 aromatic heterocycles. The molecule has 0 amide bonds. The van der Waals surface area contributed by atoms with Crippen molar-refractivity contribution in [3.8, 4) is 6.07 Å². The highest BCUT2D eigenvalue weighted by atomic mass is 15.2. The van der Waals surface area contributed by atoms with Crippen LogP contribution in [0.1, 0.15) is 38.5 Å². The van der Waals surface area contributed by atoms with Crippen molar-refractivity contribution >= 4 is 0 Å². The lowest BCUT2D eigenvalue weighted by molar-refractivity contribution is 0.0778. The number of nitriles is 1. The molecule has 0 unspecified atom stereocenters. The normalized spacial score (nSPS) is 36.9. The lowest BCUT2D eigenvalue weighted by atomic mass is 9.89. The Hall–Kier alpha value is -0.550. The lowest BCUT2D eigenvalue weighted by Crippen LogP contribution is -2.48. The van der Waals surface area contributed by atoms with Gasteiger partial charge in [-0.3, -0.25) is 4.90 Å². The van der Waals surface area contributed by atoms with E-state index in [0.29, 0.717) is 0 Å². The van der Waals surface area contributed by atoms with Crippen LogP contribution in [0.5, 0.6) is 0 Å². The summed E-state index contributed by atoms with van der Waals surface area (Å²) < 4.78 is 0. The standard InChI is InChI=1S/C10H16N2/c11-8-10-6-3-5-9-4-1-2-7-12(9)10/h9-10H,1-7H2/t9-,10-/m0/s1. The van der Waals surface area contributed by atoms with Crippen LogP contribution in [0.15, 0.2) is 0 Å². The Kier molecular flexibility index (Phi) is 2.32. The second-order valence-electron chi connectivity index (χ2n) is 3.96. The van der Waals surface area contributed by atoms with Crippen LogP contribution in [0, 0.1) is 11.3 Å². The van der Waals surface area contributed by atoms with E-state index in [4.69, 9.17) is 5.26 Å². The Balaban J connectivity index is 2.05. The number of hydrogen-bond donors (Lipinski definition) is 0. The maximum absolute atomic E-state index is 8.94. The molecule has 2 aliphatic rings. The van der Waals surface area contributed by atoms with Crippen LogP contribution in [0.25, 0.3) is 0 Å². The number of piperidine rings is 2. The van der Waals surface area contributed by atoms with Crippen LogP contribution in [0.4, 0.5) is 0 Å². The summed E-state index contributed by atoms with van der Waals surface area (Å²) in [4.78, 5) is 2.44. The molecule has 0 spiro atoms. The topological polar surface area (TPSA) is 27.0 Å². The van der Waals surface area contributed by atoms with E-state index in [2.05, 4.69) is 11.0 Å². The third-order valence-corrected chi connectivity index (χ3v) is 3.24. The second kappa shape index (κ2) is 3.45. The number of fused-ring (bicyclic) bond motifs is 1. The van der Waals surface area contributed by atoms with E-state index in [1.165, 1.54) is 38.6 Å². The van der Waals surface area contributed by atoms with Gasteiger partial charge in [-0.25, -0.2) is 0 Å². The molecule has 2 aliphatic heterocycles. The Bertz CT molecular complexity index is 193. The first-order valence-electron chi connectivity index (χ1n) is 5.07. The molecule has 2 atom stereocenters. The van der Waals surface area contributed by atoms with Gasteiger partial charge in [0, 0.05) is 6.04 Å². The SMILES string of the molecule is N#C[C@@H]1CCC[C@@H]2CCCCN21. The Morgan fingerprint density at radius 3 is 2.75 bits per heavy atom. The summed E-state index contributed by atoms with van der Waals surface area (Å²) in [6.45, 7) is 1.17. The minimum Gasteiger partial charge on any atom is -0.285 e. The van der Waals surface area contributed by atoms with Crippen molar-refractivity contribution in [1.29, 1.82) is 5.26 Å². The van der Waals surface area contributed by atoms with Gasteiger partial charge in [0.05, 0.1) is 12.1 Å². The second-order valence-corrected chi connectivity index (χ2v) is 3.96. The Labute approximate surface area is 74.2 Å². The largest absolute Gasteiger partial charge is 0.285 e. The predicted octanol–water partition coefficient (Wildman–Crippen LogP) is 1.92. The predicted molar refractivity (Wildman–Crippen MR) is 47.6 cm³/mol. The van der Waals surface area contributed by atoms with Crippen molar-refractivity contribution in [2.75, 3.05) is 6.54 Å². The molecular formula is C10H16N2. The molecule has 0 saturated carbocycles. The van der Waals surface area contributed by atoms with Crippen molar-refractivity contribution in [2.24, 2.45) is 0 Å². The van der Waals surface area contributed by atoms with Crippen molar-refractivity contribution in [2.45, 2.75) is 50.6 Å². The molecule has 2 heterocycles. The Morgan fingerprint density at radius 2 is 1.92 bits per heavy atom. The van der Waals surface area contributed by atoms with Crippen molar-refractivity contribution in [3.05, 3.63) is 0 Å². The Morgan fingerprint density at radius 1 is 1.08 bits per heavy atom. The van der Waals surface area contributed by atoms with E-state index < -0.39 is 0 Å². The van der Waals surface area contributed by atoms with Gasteiger partial charge in [0.15, 0.2) is 0 Å².